The van der Waals surface area contributed by atoms with Crippen LogP contribution in [0.15, 0.2) is 17.0 Å². The summed E-state index contributed by atoms with van der Waals surface area (Å²) in [4.78, 5) is 1.52. The topological polar surface area (TPSA) is 84.7 Å². The first-order valence-electron chi connectivity index (χ1n) is 6.52. The molecule has 1 aromatic carbocycles. The summed E-state index contributed by atoms with van der Waals surface area (Å²) in [7, 11) is -0.108. The molecule has 0 atom stereocenters. The number of nitrogens with two attached hydrogens (primary N) is 1. The predicted molar refractivity (Wildman–Crippen MR) is 80.1 cm³/mol. The van der Waals surface area contributed by atoms with Crippen LogP contribution in [0.2, 0.25) is 0 Å². The molecule has 0 aliphatic heterocycles. The number of likely N-dealkylation sites (N-methyl/N-ethyl adjacent to an activating group) is 1. The summed E-state index contributed by atoms with van der Waals surface area (Å²) in [6.45, 7) is 3.00. The number of nitrogens with zero attached hydrogens (tertiary/aromatic N) is 1. The number of anilines is 1. The molecule has 0 heterocycles. The number of sulfonamides is 1. The van der Waals surface area contributed by atoms with E-state index in [4.69, 9.17) is 10.5 Å². The van der Waals surface area contributed by atoms with Gasteiger partial charge in [-0.3, -0.25) is 0 Å². The van der Waals surface area contributed by atoms with Crippen LogP contribution in [0, 0.1) is 12.7 Å². The van der Waals surface area contributed by atoms with Crippen LogP contribution in [0.5, 0.6) is 0 Å². The lowest BCUT2D eigenvalue weighted by molar-refractivity contribution is 0.122. The van der Waals surface area contributed by atoms with E-state index in [1.165, 1.54) is 13.0 Å². The molecule has 0 spiro atoms. The second-order valence-corrected chi connectivity index (χ2v) is 6.70. The second-order valence-electron chi connectivity index (χ2n) is 4.96. The fraction of sp³-hybridized carbons (Fsp3) is 0.538. The zero-order valence-corrected chi connectivity index (χ0v) is 13.3. The zero-order chi connectivity index (χ0) is 16.0. The molecule has 0 radical (unpaired) electrons. The van der Waals surface area contributed by atoms with E-state index in [9.17, 15) is 12.8 Å². The average molecular weight is 319 g/mol. The van der Waals surface area contributed by atoms with Crippen molar-refractivity contribution in [3.8, 4) is 0 Å². The molecule has 0 aliphatic rings. The lowest BCUT2D eigenvalue weighted by Gasteiger charge is -2.12. The predicted octanol–water partition coefficient (Wildman–Crippen LogP) is 0.573. The summed E-state index contributed by atoms with van der Waals surface area (Å²) in [5, 5.41) is 0. The number of hydrogen-bond donors (Lipinski definition) is 2. The first-order chi connectivity index (χ1) is 9.74. The first-order valence-corrected chi connectivity index (χ1v) is 8.00. The Balaban J connectivity index is 2.59. The van der Waals surface area contributed by atoms with Crippen LogP contribution in [-0.4, -0.2) is 53.7 Å². The van der Waals surface area contributed by atoms with Gasteiger partial charge in [0.05, 0.1) is 13.2 Å². The minimum Gasteiger partial charge on any atom is -0.399 e. The number of hydrogen-bond acceptors (Lipinski definition) is 5. The van der Waals surface area contributed by atoms with Gasteiger partial charge in [-0.05, 0) is 38.7 Å². The van der Waals surface area contributed by atoms with E-state index in [-0.39, 0.29) is 24.4 Å². The second kappa shape index (κ2) is 7.69. The smallest absolute Gasteiger partial charge is 0.243 e. The standard InChI is InChI=1S/C13H22FN3O3S/c1-10-8-11(15)9-12(13(10)14)21(18,19)16-4-6-20-7-5-17(2)3/h8-9,16H,4-7,15H2,1-3H3. The van der Waals surface area contributed by atoms with Gasteiger partial charge in [0.25, 0.3) is 0 Å². The molecule has 0 bridgehead atoms. The zero-order valence-electron chi connectivity index (χ0n) is 12.5. The van der Waals surface area contributed by atoms with Crippen molar-refractivity contribution < 1.29 is 17.5 Å². The third-order valence-corrected chi connectivity index (χ3v) is 4.21. The molecule has 0 fully saturated rings. The SMILES string of the molecule is Cc1cc(N)cc(S(=O)(=O)NCCOCCN(C)C)c1F. The number of benzene rings is 1. The highest BCUT2D eigenvalue weighted by Gasteiger charge is 2.20. The maximum atomic E-state index is 13.9. The largest absolute Gasteiger partial charge is 0.399 e. The Bertz CT molecular complexity index is 576. The van der Waals surface area contributed by atoms with Gasteiger partial charge in [0.1, 0.15) is 10.7 Å². The van der Waals surface area contributed by atoms with E-state index in [1.807, 2.05) is 19.0 Å². The summed E-state index contributed by atoms with van der Waals surface area (Å²) in [5.74, 6) is -0.787. The molecule has 0 saturated carbocycles. The van der Waals surface area contributed by atoms with E-state index in [0.29, 0.717) is 6.61 Å². The van der Waals surface area contributed by atoms with Crippen LogP contribution in [-0.2, 0) is 14.8 Å². The minimum atomic E-state index is -3.93. The summed E-state index contributed by atoms with van der Waals surface area (Å²) in [6, 6.07) is 2.50. The highest BCUT2D eigenvalue weighted by Crippen LogP contribution is 2.21. The van der Waals surface area contributed by atoms with Crippen molar-refractivity contribution >= 4 is 15.7 Å². The van der Waals surface area contributed by atoms with Crippen molar-refractivity contribution in [2.24, 2.45) is 0 Å². The Morgan fingerprint density at radius 2 is 2.00 bits per heavy atom. The van der Waals surface area contributed by atoms with E-state index in [0.717, 1.165) is 12.6 Å². The summed E-state index contributed by atoms with van der Waals surface area (Å²) in [5.41, 5.74) is 5.96. The fourth-order valence-corrected chi connectivity index (χ4v) is 2.83. The van der Waals surface area contributed by atoms with Gasteiger partial charge in [-0.1, -0.05) is 0 Å². The molecule has 0 aromatic heterocycles. The highest BCUT2D eigenvalue weighted by atomic mass is 32.2. The van der Waals surface area contributed by atoms with E-state index in [2.05, 4.69) is 4.72 Å². The Morgan fingerprint density at radius 1 is 1.33 bits per heavy atom. The van der Waals surface area contributed by atoms with Crippen molar-refractivity contribution in [2.45, 2.75) is 11.8 Å². The van der Waals surface area contributed by atoms with Crippen molar-refractivity contribution in [3.05, 3.63) is 23.5 Å². The van der Waals surface area contributed by atoms with Crippen LogP contribution in [0.1, 0.15) is 5.56 Å². The summed E-state index contributed by atoms with van der Waals surface area (Å²) in [6.07, 6.45) is 0. The van der Waals surface area contributed by atoms with Crippen molar-refractivity contribution in [2.75, 3.05) is 46.1 Å². The third kappa shape index (κ3) is 5.58. The third-order valence-electron chi connectivity index (χ3n) is 2.75. The molecule has 120 valence electrons. The van der Waals surface area contributed by atoms with Crippen LogP contribution < -0.4 is 10.5 Å². The van der Waals surface area contributed by atoms with E-state index < -0.39 is 20.7 Å². The molecule has 3 N–H and O–H groups in total. The summed E-state index contributed by atoms with van der Waals surface area (Å²) < 4.78 is 45.5. The monoisotopic (exact) mass is 319 g/mol. The van der Waals surface area contributed by atoms with Crippen molar-refractivity contribution in [1.82, 2.24) is 9.62 Å². The number of rotatable bonds is 8. The van der Waals surface area contributed by atoms with Gasteiger partial charge in [0.15, 0.2) is 0 Å². The Morgan fingerprint density at radius 3 is 2.62 bits per heavy atom. The Hall–Kier alpha value is -1.22. The average Bonchev–Trinajstić information content (AvgIpc) is 2.37. The molecule has 0 saturated heterocycles. The molecule has 1 aromatic rings. The number of aryl methyl sites for hydroxylation is 1. The lowest BCUT2D eigenvalue weighted by atomic mass is 10.2. The van der Waals surface area contributed by atoms with E-state index >= 15 is 0 Å². The summed E-state index contributed by atoms with van der Waals surface area (Å²) >= 11 is 0. The van der Waals surface area contributed by atoms with Gasteiger partial charge >= 0.3 is 0 Å². The molecule has 8 heteroatoms. The molecule has 1 rings (SSSR count). The Kier molecular flexibility index (Phi) is 6.53. The van der Waals surface area contributed by atoms with Crippen LogP contribution in [0.4, 0.5) is 10.1 Å². The van der Waals surface area contributed by atoms with Crippen LogP contribution >= 0.6 is 0 Å². The van der Waals surface area contributed by atoms with Gasteiger partial charge in [0, 0.05) is 18.8 Å². The molecule has 21 heavy (non-hydrogen) atoms. The number of nitrogens with one attached hydrogen (secondary N) is 1. The van der Waals surface area contributed by atoms with Gasteiger partial charge < -0.3 is 15.4 Å². The molecule has 0 amide bonds. The Labute approximate surface area is 125 Å². The van der Waals surface area contributed by atoms with Crippen LogP contribution in [0.3, 0.4) is 0 Å². The van der Waals surface area contributed by atoms with Gasteiger partial charge in [-0.15, -0.1) is 0 Å². The maximum Gasteiger partial charge on any atom is 0.243 e. The number of halogens is 1. The van der Waals surface area contributed by atoms with Crippen LogP contribution in [0.25, 0.3) is 0 Å². The first kappa shape index (κ1) is 17.8. The van der Waals surface area contributed by atoms with E-state index in [1.54, 1.807) is 0 Å². The quantitative estimate of drug-likeness (QED) is 0.541. The number of nitrogen functional groups attached to an aromatic ring is 1. The van der Waals surface area contributed by atoms with Crippen molar-refractivity contribution in [1.29, 1.82) is 0 Å². The molecular formula is C13H22FN3O3S. The van der Waals surface area contributed by atoms with Crippen molar-refractivity contribution in [3.63, 3.8) is 0 Å². The van der Waals surface area contributed by atoms with Gasteiger partial charge in [-0.25, -0.2) is 17.5 Å². The van der Waals surface area contributed by atoms with Gasteiger partial charge in [0.2, 0.25) is 10.0 Å². The molecular weight excluding hydrogens is 297 g/mol. The number of ether oxygens (including phenoxy) is 1. The highest BCUT2D eigenvalue weighted by molar-refractivity contribution is 7.89. The fourth-order valence-electron chi connectivity index (χ4n) is 1.63. The molecule has 0 aliphatic carbocycles. The normalized spacial score (nSPS) is 12.0. The maximum absolute atomic E-state index is 13.9. The minimum absolute atomic E-state index is 0.0725. The lowest BCUT2D eigenvalue weighted by Crippen LogP contribution is -2.29. The van der Waals surface area contributed by atoms with Gasteiger partial charge in [-0.2, -0.15) is 0 Å². The molecule has 6 nitrogen and oxygen atoms in total. The molecule has 0 unspecified atom stereocenters.